The number of aryl methyl sites for hydroxylation is 5. The van der Waals surface area contributed by atoms with Gasteiger partial charge in [-0.05, 0) is 171 Å². The number of H-pyrrole nitrogens is 5. The van der Waals surface area contributed by atoms with E-state index in [4.69, 9.17) is 16.3 Å². The fraction of sp³-hybridized carbons (Fsp3) is 0.580. The summed E-state index contributed by atoms with van der Waals surface area (Å²) in [5.74, 6) is 4.72. The Morgan fingerprint density at radius 3 is 1.05 bits per heavy atom. The maximum Gasteiger partial charge on any atom is 0.223 e. The summed E-state index contributed by atoms with van der Waals surface area (Å²) in [7, 11) is 3.61. The van der Waals surface area contributed by atoms with Gasteiger partial charge in [-0.25, -0.2) is 33.7 Å². The number of aromatic nitrogens is 15. The summed E-state index contributed by atoms with van der Waals surface area (Å²) in [5.41, 5.74) is 11.0. The van der Waals surface area contributed by atoms with Crippen molar-refractivity contribution in [2.24, 2.45) is 5.92 Å². The molecule has 34 nitrogen and oxygen atoms in total. The molecular weight excluding hydrogens is 1910 g/mol. The predicted octanol–water partition coefficient (Wildman–Crippen LogP) is 18.6. The Balaban J connectivity index is 0.000000133. The third-order valence-corrected chi connectivity index (χ3v) is 31.1. The van der Waals surface area contributed by atoms with Gasteiger partial charge in [0.25, 0.3) is 0 Å². The lowest BCUT2D eigenvalue weighted by atomic mass is 9.95. The molecule has 0 radical (unpaired) electrons. The van der Waals surface area contributed by atoms with Gasteiger partial charge in [-0.2, -0.15) is 25.5 Å². The molecule has 2 aromatic carbocycles. The number of anilines is 6. The summed E-state index contributed by atoms with van der Waals surface area (Å²) in [4.78, 5) is 103. The number of hydrogen-bond acceptors (Lipinski definition) is 24. The molecule has 149 heavy (non-hydrogen) atoms. The molecular formula is C112H157ClF2N28O6. The third-order valence-electron chi connectivity index (χ3n) is 30.8. The molecule has 3 saturated heterocycles. The van der Waals surface area contributed by atoms with Gasteiger partial charge in [-0.1, -0.05) is 134 Å². The van der Waals surface area contributed by atoms with Crippen molar-refractivity contribution in [1.29, 1.82) is 0 Å². The zero-order valence-corrected chi connectivity index (χ0v) is 89.1. The van der Waals surface area contributed by atoms with Gasteiger partial charge in [0.2, 0.25) is 29.5 Å². The van der Waals surface area contributed by atoms with Gasteiger partial charge in [0.1, 0.15) is 40.7 Å². The Kier molecular flexibility index (Phi) is 40.7. The summed E-state index contributed by atoms with van der Waals surface area (Å²) in [6.45, 7) is 21.7. The average molecular weight is 2070 g/mol. The molecule has 37 heteroatoms. The normalized spacial score (nSPS) is 17.1. The number of aromatic amines is 5. The van der Waals surface area contributed by atoms with Crippen molar-refractivity contribution in [3.63, 3.8) is 0 Å². The molecule has 8 aliphatic rings. The minimum atomic E-state index is -0.570. The molecule has 0 spiro atoms. The molecule has 0 bridgehead atoms. The lowest BCUT2D eigenvalue weighted by Gasteiger charge is -2.36. The van der Waals surface area contributed by atoms with E-state index in [1.165, 1.54) is 160 Å². The molecule has 8 fully saturated rings. The van der Waals surface area contributed by atoms with Crippen LogP contribution < -0.4 is 31.5 Å². The van der Waals surface area contributed by atoms with Gasteiger partial charge in [0.15, 0.2) is 0 Å². The van der Waals surface area contributed by atoms with Crippen LogP contribution in [-0.4, -0.2) is 295 Å². The number of pyridine rings is 5. The van der Waals surface area contributed by atoms with E-state index in [1.54, 1.807) is 25.7 Å². The first kappa shape index (κ1) is 109. The van der Waals surface area contributed by atoms with Gasteiger partial charge in [-0.15, -0.1) is 0 Å². The minimum absolute atomic E-state index is 0.103. The number of benzene rings is 2. The number of carbonyl (C=O) groups is 5. The summed E-state index contributed by atoms with van der Waals surface area (Å²) >= 11 is 6.13. The highest BCUT2D eigenvalue weighted by Gasteiger charge is 2.31. The molecule has 12 aromatic rings. The van der Waals surface area contributed by atoms with Gasteiger partial charge in [-0.3, -0.25) is 59.3 Å². The minimum Gasteiger partial charge on any atom is -0.383 e. The van der Waals surface area contributed by atoms with Crippen molar-refractivity contribution in [1.82, 2.24) is 110 Å². The number of fused-ring (bicyclic) bond motifs is 5. The van der Waals surface area contributed by atoms with Crippen molar-refractivity contribution in [2.45, 2.75) is 289 Å². The predicted molar refractivity (Wildman–Crippen MR) is 587 cm³/mol. The van der Waals surface area contributed by atoms with Gasteiger partial charge < -0.3 is 60.7 Å². The van der Waals surface area contributed by atoms with Crippen LogP contribution in [0, 0.1) is 17.6 Å². The number of rotatable bonds is 35. The van der Waals surface area contributed by atoms with Crippen LogP contribution in [0.5, 0.6) is 0 Å². The Morgan fingerprint density at radius 2 is 0.732 bits per heavy atom. The quantitative estimate of drug-likeness (QED) is 0.0176. The smallest absolute Gasteiger partial charge is 0.223 e. The van der Waals surface area contributed by atoms with Crippen LogP contribution >= 0.6 is 11.6 Å². The number of nitrogens with one attached hydrogen (secondary N) is 10. The van der Waals surface area contributed by atoms with Crippen molar-refractivity contribution in [3.8, 4) is 0 Å². The SMILES string of the molecule is CC(C)CN(C)C(=O)CCc1[nH]nc2ccnc(NC3CCCCC3)c12.CCN(CC)C(=O)CCc1[nH]nc2ccnc(NC3CCCCC3)c12.COCCN1CCN(C(=O)CCc2[nH]nc3ccnc(NC4CCCCC4)c23)CC1.O=C(CCc1[nH]nc2ccnc(NC3CCCCC3)c12)N1CCN(Cc2ccc(F)cc2F)CC1.O=C(CCc1[nH]nc2ccnc(NC3CCCCC3)c12)N1CCN(c2cccc(Cl)c2)CC1. The maximum atomic E-state index is 14.0. The number of carbonyl (C=O) groups excluding carboxylic acids is 5. The number of nitrogens with zero attached hydrogens (tertiary/aromatic N) is 18. The van der Waals surface area contributed by atoms with Crippen LogP contribution in [-0.2, 0) is 67.4 Å². The van der Waals surface area contributed by atoms with E-state index >= 15 is 0 Å². The topological polar surface area (TPSA) is 388 Å². The lowest BCUT2D eigenvalue weighted by molar-refractivity contribution is -0.133. The number of hydrogen-bond donors (Lipinski definition) is 10. The molecule has 0 unspecified atom stereocenters. The molecule has 0 atom stereocenters. The van der Waals surface area contributed by atoms with Gasteiger partial charge in [0.05, 0.1) is 61.1 Å². The van der Waals surface area contributed by atoms with Gasteiger partial charge in [0, 0.05) is 270 Å². The average Bonchev–Trinajstić information content (AvgIpc) is 1.67. The Morgan fingerprint density at radius 1 is 0.409 bits per heavy atom. The van der Waals surface area contributed by atoms with Crippen molar-refractivity contribution in [3.05, 3.63) is 154 Å². The highest BCUT2D eigenvalue weighted by Crippen LogP contribution is 2.36. The van der Waals surface area contributed by atoms with Crippen LogP contribution in [0.15, 0.2) is 104 Å². The first-order valence-corrected chi connectivity index (χ1v) is 55.8. The van der Waals surface area contributed by atoms with Crippen LogP contribution in [0.3, 0.4) is 0 Å². The Hall–Kier alpha value is -12.3. The fourth-order valence-corrected chi connectivity index (χ4v) is 22.6. The molecule has 5 aliphatic carbocycles. The summed E-state index contributed by atoms with van der Waals surface area (Å²) in [6, 6.07) is 23.6. The highest BCUT2D eigenvalue weighted by atomic mass is 35.5. The summed E-state index contributed by atoms with van der Waals surface area (Å²) in [6.07, 6.45) is 45.7. The number of amides is 5. The first-order valence-electron chi connectivity index (χ1n) is 55.4. The van der Waals surface area contributed by atoms with Crippen LogP contribution in [0.2, 0.25) is 5.02 Å². The van der Waals surface area contributed by atoms with Crippen molar-refractivity contribution < 1.29 is 37.5 Å². The standard InChI is InChI=1S/C26H32F2N6O.C25H31ClN6O.C22H34N6O2.C20H31N5O.C19H29N5O/c27-19-7-6-18(21(28)16-19)17-33-12-14-34(15-13-33)24(35)9-8-22-25-23(32-31-22)10-11-29-26(25)30-20-4-2-1-3-5-20;26-18-5-4-8-20(17-18)31-13-15-32(16-14-31)23(33)10-9-21-24-22(30-29-21)11-12-27-25(24)28-19-6-2-1-3-7-19;1-30-16-15-27-11-13-28(14-12-27)20(29)8-7-18-21-19(26-25-18)9-10-23-22(21)24-17-5-3-2-4-6-17;1-14(2)13-25(3)18(26)10-9-16-19-17(24-23-16)11-12-21-20(19)22-15-7-5-4-6-8-15;1-3-24(4-2)17(25)11-10-15-18-16(23-22-15)12-13-20-19(18)21-14-8-6-5-7-9-14/h6-7,10-11,16,20H,1-5,8-9,12-15,17H2,(H,29,30)(H,31,32);4-5,8,11-12,17,19H,1-3,6-7,9-10,13-16H2,(H,27,28)(H,29,30);9-10,17H,2-8,11-16H2,1H3,(H,23,24)(H,25,26);11-12,14-15H,4-10,13H2,1-3H3,(H,21,22)(H,23,24);12-14H,3-11H2,1-2H3,(H,20,21)(H,22,23). The number of methoxy groups -OCH3 is 1. The Labute approximate surface area is 879 Å². The number of halogens is 3. The van der Waals surface area contributed by atoms with Gasteiger partial charge >= 0.3 is 0 Å². The summed E-state index contributed by atoms with van der Waals surface area (Å²) < 4.78 is 32.3. The van der Waals surface area contributed by atoms with E-state index in [9.17, 15) is 32.8 Å². The second-order valence-corrected chi connectivity index (χ2v) is 42.3. The molecule has 10 aromatic heterocycles. The van der Waals surface area contributed by atoms with Crippen LogP contribution in [0.1, 0.15) is 254 Å². The first-order chi connectivity index (χ1) is 72.7. The van der Waals surface area contributed by atoms with Crippen molar-refractivity contribution in [2.75, 3.05) is 157 Å². The van der Waals surface area contributed by atoms with E-state index in [0.29, 0.717) is 139 Å². The third kappa shape index (κ3) is 30.8. The van der Waals surface area contributed by atoms with Crippen LogP contribution in [0.25, 0.3) is 54.5 Å². The van der Waals surface area contributed by atoms with E-state index in [2.05, 4.69) is 137 Å². The largest absolute Gasteiger partial charge is 0.383 e. The second-order valence-electron chi connectivity index (χ2n) is 41.9. The van der Waals surface area contributed by atoms with E-state index in [-0.39, 0.29) is 29.5 Å². The summed E-state index contributed by atoms with van der Waals surface area (Å²) in [5, 5.41) is 61.9. The second kappa shape index (κ2) is 55.5. The fourth-order valence-electron chi connectivity index (χ4n) is 22.4. The van der Waals surface area contributed by atoms with E-state index < -0.39 is 11.6 Å². The number of piperazine rings is 3. The molecule has 20 rings (SSSR count). The molecule has 5 amide bonds. The van der Waals surface area contributed by atoms with Crippen LogP contribution in [0.4, 0.5) is 43.6 Å². The van der Waals surface area contributed by atoms with E-state index in [0.717, 1.165) is 227 Å². The zero-order valence-electron chi connectivity index (χ0n) is 88.4. The highest BCUT2D eigenvalue weighted by molar-refractivity contribution is 6.30. The van der Waals surface area contributed by atoms with E-state index in [1.807, 2.05) is 106 Å². The van der Waals surface area contributed by atoms with Crippen molar-refractivity contribution >= 4 is 130 Å². The molecule has 13 heterocycles. The monoisotopic (exact) mass is 2060 g/mol. The molecule has 5 saturated carbocycles. The Bertz CT molecular complexity index is 6250. The molecule has 10 N–H and O–H groups in total. The molecule has 802 valence electrons. The maximum absolute atomic E-state index is 14.0. The number of ether oxygens (including phenoxy) is 1. The lowest BCUT2D eigenvalue weighted by Crippen LogP contribution is -2.49. The molecule has 3 aliphatic heterocycles. The zero-order chi connectivity index (χ0) is 104.